The van der Waals surface area contributed by atoms with Crippen LogP contribution in [0.3, 0.4) is 0 Å². The minimum Gasteiger partial charge on any atom is -0.493 e. The molecule has 2 aromatic rings. The van der Waals surface area contributed by atoms with Gasteiger partial charge in [0.2, 0.25) is 0 Å². The summed E-state index contributed by atoms with van der Waals surface area (Å²) < 4.78 is 5.76. The number of aryl methyl sites for hydroxylation is 2. The molecular weight excluding hydrogens is 306 g/mol. The number of aromatic nitrogens is 1. The summed E-state index contributed by atoms with van der Waals surface area (Å²) in [7, 11) is 0. The van der Waals surface area contributed by atoms with Crippen molar-refractivity contribution in [2.75, 3.05) is 6.61 Å². The van der Waals surface area contributed by atoms with E-state index in [9.17, 15) is 0 Å². The fourth-order valence-corrected chi connectivity index (χ4v) is 4.07. The van der Waals surface area contributed by atoms with E-state index in [1.807, 2.05) is 26.0 Å². The van der Waals surface area contributed by atoms with Gasteiger partial charge in [-0.05, 0) is 43.5 Å². The van der Waals surface area contributed by atoms with Crippen LogP contribution in [-0.2, 0) is 12.8 Å². The number of hydrazine groups is 1. The molecule has 1 atom stereocenters. The Hall–Kier alpha value is -1.14. The smallest absolute Gasteiger partial charge is 0.125 e. The van der Waals surface area contributed by atoms with Crippen LogP contribution < -0.4 is 16.0 Å². The lowest BCUT2D eigenvalue weighted by molar-refractivity contribution is 0.351. The van der Waals surface area contributed by atoms with Crippen LogP contribution in [0.1, 0.15) is 32.7 Å². The number of rotatable bonds is 4. The molecule has 2 heterocycles. The molecule has 3 rings (SSSR count). The third kappa shape index (κ3) is 2.92. The van der Waals surface area contributed by atoms with Crippen molar-refractivity contribution in [3.8, 4) is 5.75 Å². The molecule has 0 radical (unpaired) electrons. The zero-order valence-electron chi connectivity index (χ0n) is 12.1. The van der Waals surface area contributed by atoms with Gasteiger partial charge in [0.15, 0.2) is 0 Å². The number of nitrogens with one attached hydrogen (secondary N) is 1. The summed E-state index contributed by atoms with van der Waals surface area (Å²) in [4.78, 5) is 5.65. The van der Waals surface area contributed by atoms with Gasteiger partial charge in [0.25, 0.3) is 0 Å². The summed E-state index contributed by atoms with van der Waals surface area (Å²) in [5.74, 6) is 6.74. The molecule has 112 valence electrons. The number of benzene rings is 1. The highest BCUT2D eigenvalue weighted by Crippen LogP contribution is 2.36. The molecule has 1 aliphatic heterocycles. The molecule has 0 saturated carbocycles. The molecule has 0 fully saturated rings. The number of nitrogens with zero attached hydrogens (tertiary/aromatic N) is 1. The first kappa shape index (κ1) is 14.8. The van der Waals surface area contributed by atoms with Crippen LogP contribution >= 0.6 is 22.9 Å². The topological polar surface area (TPSA) is 60.2 Å². The second kappa shape index (κ2) is 5.93. The number of nitrogens with two attached hydrogens (primary N) is 1. The Balaban J connectivity index is 1.93. The normalized spacial score (nSPS) is 14.9. The number of fused-ring (bicyclic) bond motifs is 1. The van der Waals surface area contributed by atoms with Gasteiger partial charge in [0, 0.05) is 16.3 Å². The molecule has 4 nitrogen and oxygen atoms in total. The van der Waals surface area contributed by atoms with E-state index < -0.39 is 0 Å². The number of ether oxygens (including phenoxy) is 1. The van der Waals surface area contributed by atoms with Crippen molar-refractivity contribution in [2.45, 2.75) is 32.7 Å². The van der Waals surface area contributed by atoms with Gasteiger partial charge in [-0.15, -0.1) is 11.3 Å². The van der Waals surface area contributed by atoms with Crippen molar-refractivity contribution in [3.63, 3.8) is 0 Å². The monoisotopic (exact) mass is 323 g/mol. The number of hydrogen-bond acceptors (Lipinski definition) is 5. The third-order valence-corrected chi connectivity index (χ3v) is 5.11. The molecule has 0 bridgehead atoms. The zero-order valence-corrected chi connectivity index (χ0v) is 13.6. The highest BCUT2D eigenvalue weighted by atomic mass is 35.5. The Morgan fingerprint density at radius 3 is 2.95 bits per heavy atom. The molecule has 6 heteroatoms. The lowest BCUT2D eigenvalue weighted by Crippen LogP contribution is -2.29. The Kier molecular flexibility index (Phi) is 4.17. The quantitative estimate of drug-likeness (QED) is 0.670. The van der Waals surface area contributed by atoms with Gasteiger partial charge in [0.05, 0.1) is 23.4 Å². The van der Waals surface area contributed by atoms with Gasteiger partial charge in [-0.1, -0.05) is 11.6 Å². The van der Waals surface area contributed by atoms with E-state index in [1.54, 1.807) is 11.3 Å². The second-order valence-corrected chi connectivity index (χ2v) is 6.93. The zero-order chi connectivity index (χ0) is 15.0. The van der Waals surface area contributed by atoms with Gasteiger partial charge in [-0.3, -0.25) is 11.3 Å². The molecule has 1 aliphatic rings. The van der Waals surface area contributed by atoms with Crippen LogP contribution in [0.4, 0.5) is 0 Å². The average Bonchev–Trinajstić information content (AvgIpc) is 3.02. The number of halogens is 1. The third-order valence-electron chi connectivity index (χ3n) is 3.71. The maximum atomic E-state index is 6.22. The fourth-order valence-electron chi connectivity index (χ4n) is 2.82. The highest BCUT2D eigenvalue weighted by Gasteiger charge is 2.22. The van der Waals surface area contributed by atoms with Crippen molar-refractivity contribution < 1.29 is 4.74 Å². The molecule has 1 unspecified atom stereocenters. The minimum absolute atomic E-state index is 0.0166. The van der Waals surface area contributed by atoms with Crippen molar-refractivity contribution in [1.82, 2.24) is 10.4 Å². The highest BCUT2D eigenvalue weighted by molar-refractivity contribution is 7.11. The van der Waals surface area contributed by atoms with Crippen molar-refractivity contribution in [2.24, 2.45) is 5.84 Å². The van der Waals surface area contributed by atoms with E-state index in [-0.39, 0.29) is 6.04 Å². The van der Waals surface area contributed by atoms with Crippen molar-refractivity contribution in [1.29, 1.82) is 0 Å². The predicted molar refractivity (Wildman–Crippen MR) is 86.0 cm³/mol. The first-order chi connectivity index (χ1) is 10.1. The van der Waals surface area contributed by atoms with E-state index in [0.717, 1.165) is 46.5 Å². The molecular formula is C15H18ClN3OS. The lowest BCUT2D eigenvalue weighted by Gasteiger charge is -2.17. The van der Waals surface area contributed by atoms with E-state index in [0.29, 0.717) is 0 Å². The summed E-state index contributed by atoms with van der Waals surface area (Å²) in [5, 5.41) is 1.80. The van der Waals surface area contributed by atoms with E-state index in [1.165, 1.54) is 10.4 Å². The first-order valence-electron chi connectivity index (χ1n) is 6.92. The summed E-state index contributed by atoms with van der Waals surface area (Å²) in [6, 6.07) is 3.97. The molecule has 1 aromatic carbocycles. The SMILES string of the molecule is Cc1nc(C)c(C(Cc2cc(Cl)cc3c2OCC3)NN)s1. The maximum absolute atomic E-state index is 6.22. The molecule has 0 spiro atoms. The van der Waals surface area contributed by atoms with Gasteiger partial charge >= 0.3 is 0 Å². The van der Waals surface area contributed by atoms with Crippen LogP contribution in [0.2, 0.25) is 5.02 Å². The summed E-state index contributed by atoms with van der Waals surface area (Å²) in [6.45, 7) is 4.75. The second-order valence-electron chi connectivity index (χ2n) is 5.26. The number of hydrogen-bond donors (Lipinski definition) is 2. The van der Waals surface area contributed by atoms with Gasteiger partial charge in [-0.2, -0.15) is 0 Å². The molecule has 0 aliphatic carbocycles. The summed E-state index contributed by atoms with van der Waals surface area (Å²) >= 11 is 7.90. The Bertz CT molecular complexity index is 671. The van der Waals surface area contributed by atoms with Gasteiger partial charge in [0.1, 0.15) is 5.75 Å². The predicted octanol–water partition coefficient (Wildman–Crippen LogP) is 3.10. The van der Waals surface area contributed by atoms with Crippen molar-refractivity contribution in [3.05, 3.63) is 43.9 Å². The van der Waals surface area contributed by atoms with Crippen molar-refractivity contribution >= 4 is 22.9 Å². The molecule has 21 heavy (non-hydrogen) atoms. The summed E-state index contributed by atoms with van der Waals surface area (Å²) in [5.41, 5.74) is 6.22. The Labute approximate surface area is 133 Å². The van der Waals surface area contributed by atoms with E-state index >= 15 is 0 Å². The summed E-state index contributed by atoms with van der Waals surface area (Å²) in [6.07, 6.45) is 1.66. The molecule has 0 amide bonds. The van der Waals surface area contributed by atoms with Crippen LogP contribution in [-0.4, -0.2) is 11.6 Å². The van der Waals surface area contributed by atoms with Crippen LogP contribution in [0.25, 0.3) is 0 Å². The van der Waals surface area contributed by atoms with E-state index in [4.69, 9.17) is 22.2 Å². The molecule has 1 aromatic heterocycles. The molecule has 3 N–H and O–H groups in total. The lowest BCUT2D eigenvalue weighted by atomic mass is 10.0. The van der Waals surface area contributed by atoms with Crippen LogP contribution in [0, 0.1) is 13.8 Å². The first-order valence-corrected chi connectivity index (χ1v) is 8.12. The maximum Gasteiger partial charge on any atom is 0.125 e. The van der Waals surface area contributed by atoms with Crippen LogP contribution in [0.15, 0.2) is 12.1 Å². The van der Waals surface area contributed by atoms with Gasteiger partial charge in [-0.25, -0.2) is 4.98 Å². The average molecular weight is 324 g/mol. The number of thiazole rings is 1. The van der Waals surface area contributed by atoms with E-state index in [2.05, 4.69) is 10.4 Å². The van der Waals surface area contributed by atoms with Gasteiger partial charge < -0.3 is 4.74 Å². The fraction of sp³-hybridized carbons (Fsp3) is 0.400. The molecule has 0 saturated heterocycles. The Morgan fingerprint density at radius 1 is 1.48 bits per heavy atom. The standard InChI is InChI=1S/C15H18ClN3OS/c1-8-15(21-9(2)18-8)13(19-17)7-11-6-12(16)5-10-3-4-20-14(10)11/h5-6,13,19H,3-4,7,17H2,1-2H3. The minimum atomic E-state index is 0.0166. The Morgan fingerprint density at radius 2 is 2.29 bits per heavy atom. The largest absolute Gasteiger partial charge is 0.493 e. The van der Waals surface area contributed by atoms with Crippen LogP contribution in [0.5, 0.6) is 5.75 Å².